The van der Waals surface area contributed by atoms with Crippen molar-refractivity contribution >= 4 is 11.3 Å². The Morgan fingerprint density at radius 3 is 2.56 bits per heavy atom. The monoisotopic (exact) mass is 269 g/mol. The van der Waals surface area contributed by atoms with Crippen LogP contribution in [0.3, 0.4) is 0 Å². The third-order valence-electron chi connectivity index (χ3n) is 3.74. The molecule has 2 heterocycles. The molecule has 0 radical (unpaired) electrons. The fraction of sp³-hybridized carbons (Fsp3) is 0.786. The highest BCUT2D eigenvalue weighted by atomic mass is 32.1. The van der Waals surface area contributed by atoms with Crippen molar-refractivity contribution in [1.29, 1.82) is 0 Å². The van der Waals surface area contributed by atoms with Crippen LogP contribution < -0.4 is 0 Å². The van der Waals surface area contributed by atoms with E-state index in [9.17, 15) is 5.11 Å². The number of aliphatic hydroxyl groups is 1. The predicted octanol–water partition coefficient (Wildman–Crippen LogP) is 2.77. The molecule has 0 saturated carbocycles. The second kappa shape index (κ2) is 5.27. The number of aliphatic hydroxyl groups excluding tert-OH is 1. The van der Waals surface area contributed by atoms with Crippen molar-refractivity contribution in [3.05, 3.63) is 16.1 Å². The Labute approximate surface area is 113 Å². The lowest BCUT2D eigenvalue weighted by molar-refractivity contribution is -0.0158. The number of ether oxygens (including phenoxy) is 1. The summed E-state index contributed by atoms with van der Waals surface area (Å²) < 4.78 is 5.40. The summed E-state index contributed by atoms with van der Waals surface area (Å²) in [4.78, 5) is 4.74. The Kier molecular flexibility index (Phi) is 4.09. The van der Waals surface area contributed by atoms with Crippen molar-refractivity contribution in [1.82, 2.24) is 4.98 Å². The Morgan fingerprint density at radius 2 is 2.06 bits per heavy atom. The fourth-order valence-corrected chi connectivity index (χ4v) is 3.45. The SMILES string of the molecule is CC(C)(C)c1csc(CC2(CO)CCOCC2)n1. The smallest absolute Gasteiger partial charge is 0.0934 e. The number of thiazole rings is 1. The highest BCUT2D eigenvalue weighted by Gasteiger charge is 2.33. The van der Waals surface area contributed by atoms with Crippen molar-refractivity contribution in [2.75, 3.05) is 19.8 Å². The van der Waals surface area contributed by atoms with Crippen LogP contribution in [0.5, 0.6) is 0 Å². The summed E-state index contributed by atoms with van der Waals surface area (Å²) in [5, 5.41) is 13.0. The molecule has 18 heavy (non-hydrogen) atoms. The topological polar surface area (TPSA) is 42.4 Å². The molecule has 0 atom stereocenters. The Balaban J connectivity index is 2.10. The molecule has 0 amide bonds. The van der Waals surface area contributed by atoms with Gasteiger partial charge in [0.2, 0.25) is 0 Å². The summed E-state index contributed by atoms with van der Waals surface area (Å²) in [6.45, 7) is 8.31. The minimum atomic E-state index is -0.00867. The Morgan fingerprint density at radius 1 is 1.39 bits per heavy atom. The van der Waals surface area contributed by atoms with E-state index in [1.165, 1.54) is 0 Å². The minimum absolute atomic E-state index is 0.00867. The summed E-state index contributed by atoms with van der Waals surface area (Å²) in [5.74, 6) is 0. The molecule has 1 aliphatic heterocycles. The summed E-state index contributed by atoms with van der Waals surface area (Å²) in [6, 6.07) is 0. The van der Waals surface area contributed by atoms with Gasteiger partial charge in [-0.25, -0.2) is 4.98 Å². The van der Waals surface area contributed by atoms with E-state index in [0.29, 0.717) is 0 Å². The summed E-state index contributed by atoms with van der Waals surface area (Å²) in [6.07, 6.45) is 2.76. The second-order valence-corrected chi connectivity index (χ2v) is 7.27. The Bertz CT molecular complexity index is 389. The summed E-state index contributed by atoms with van der Waals surface area (Å²) in [7, 11) is 0. The molecule has 4 heteroatoms. The molecule has 2 rings (SSSR count). The largest absolute Gasteiger partial charge is 0.396 e. The molecule has 1 aliphatic rings. The predicted molar refractivity (Wildman–Crippen MR) is 74.1 cm³/mol. The van der Waals surface area contributed by atoms with Gasteiger partial charge in [-0.15, -0.1) is 11.3 Å². The van der Waals surface area contributed by atoms with E-state index in [0.717, 1.165) is 43.2 Å². The molecule has 0 aromatic carbocycles. The number of hydrogen-bond donors (Lipinski definition) is 1. The van der Waals surface area contributed by atoms with Gasteiger partial charge in [0.25, 0.3) is 0 Å². The summed E-state index contributed by atoms with van der Waals surface area (Å²) in [5.41, 5.74) is 1.25. The van der Waals surface area contributed by atoms with E-state index in [4.69, 9.17) is 9.72 Å². The van der Waals surface area contributed by atoms with E-state index in [1.54, 1.807) is 11.3 Å². The van der Waals surface area contributed by atoms with Gasteiger partial charge in [0, 0.05) is 42.5 Å². The van der Waals surface area contributed by atoms with Crippen LogP contribution in [-0.4, -0.2) is 29.9 Å². The molecule has 102 valence electrons. The number of nitrogens with zero attached hydrogens (tertiary/aromatic N) is 1. The van der Waals surface area contributed by atoms with Crippen LogP contribution in [0.1, 0.15) is 44.3 Å². The first-order chi connectivity index (χ1) is 8.45. The van der Waals surface area contributed by atoms with Gasteiger partial charge >= 0.3 is 0 Å². The van der Waals surface area contributed by atoms with Gasteiger partial charge in [-0.1, -0.05) is 20.8 Å². The van der Waals surface area contributed by atoms with Crippen molar-refractivity contribution in [3.63, 3.8) is 0 Å². The van der Waals surface area contributed by atoms with Crippen LogP contribution in [0, 0.1) is 5.41 Å². The third kappa shape index (κ3) is 3.11. The zero-order valence-corrected chi connectivity index (χ0v) is 12.3. The normalized spacial score (nSPS) is 20.0. The maximum absolute atomic E-state index is 9.69. The van der Waals surface area contributed by atoms with Crippen LogP contribution in [0.25, 0.3) is 0 Å². The molecule has 0 spiro atoms. The minimum Gasteiger partial charge on any atom is -0.396 e. The van der Waals surface area contributed by atoms with Gasteiger partial charge in [0.05, 0.1) is 10.7 Å². The molecule has 1 aromatic rings. The molecule has 0 bridgehead atoms. The lowest BCUT2D eigenvalue weighted by atomic mass is 9.78. The first kappa shape index (κ1) is 14.0. The lowest BCUT2D eigenvalue weighted by Gasteiger charge is -2.34. The number of rotatable bonds is 3. The fourth-order valence-electron chi connectivity index (χ4n) is 2.25. The molecular weight excluding hydrogens is 246 g/mol. The Hall–Kier alpha value is -0.450. The van der Waals surface area contributed by atoms with Crippen LogP contribution >= 0.6 is 11.3 Å². The molecule has 0 aliphatic carbocycles. The zero-order valence-electron chi connectivity index (χ0n) is 11.5. The highest BCUT2D eigenvalue weighted by molar-refractivity contribution is 7.09. The zero-order chi connectivity index (χ0) is 13.2. The van der Waals surface area contributed by atoms with E-state index >= 15 is 0 Å². The van der Waals surface area contributed by atoms with Gasteiger partial charge in [-0.05, 0) is 12.8 Å². The summed E-state index contributed by atoms with van der Waals surface area (Å²) >= 11 is 1.72. The van der Waals surface area contributed by atoms with Crippen molar-refractivity contribution in [3.8, 4) is 0 Å². The lowest BCUT2D eigenvalue weighted by Crippen LogP contribution is -2.35. The van der Waals surface area contributed by atoms with Crippen molar-refractivity contribution in [2.24, 2.45) is 5.41 Å². The van der Waals surface area contributed by atoms with Crippen molar-refractivity contribution in [2.45, 2.75) is 45.4 Å². The van der Waals surface area contributed by atoms with Gasteiger partial charge in [-0.3, -0.25) is 0 Å². The van der Waals surface area contributed by atoms with E-state index < -0.39 is 0 Å². The van der Waals surface area contributed by atoms with Crippen LogP contribution in [-0.2, 0) is 16.6 Å². The number of hydrogen-bond acceptors (Lipinski definition) is 4. The third-order valence-corrected chi connectivity index (χ3v) is 4.58. The van der Waals surface area contributed by atoms with Crippen LogP contribution in [0.2, 0.25) is 0 Å². The molecular formula is C14H23NO2S. The van der Waals surface area contributed by atoms with Crippen LogP contribution in [0.15, 0.2) is 5.38 Å². The molecule has 1 N–H and O–H groups in total. The number of aromatic nitrogens is 1. The highest BCUT2D eigenvalue weighted by Crippen LogP contribution is 2.35. The molecule has 0 unspecified atom stereocenters. The van der Waals surface area contributed by atoms with E-state index in [1.807, 2.05) is 0 Å². The van der Waals surface area contributed by atoms with Gasteiger partial charge < -0.3 is 9.84 Å². The van der Waals surface area contributed by atoms with Crippen LogP contribution in [0.4, 0.5) is 0 Å². The first-order valence-corrected chi connectivity index (χ1v) is 7.47. The van der Waals surface area contributed by atoms with E-state index in [-0.39, 0.29) is 17.4 Å². The average Bonchev–Trinajstić information content (AvgIpc) is 2.78. The quantitative estimate of drug-likeness (QED) is 0.917. The maximum Gasteiger partial charge on any atom is 0.0934 e. The molecule has 1 fully saturated rings. The molecule has 1 saturated heterocycles. The maximum atomic E-state index is 9.69. The molecule has 1 aromatic heterocycles. The average molecular weight is 269 g/mol. The van der Waals surface area contributed by atoms with E-state index in [2.05, 4.69) is 26.2 Å². The van der Waals surface area contributed by atoms with Gasteiger partial charge in [-0.2, -0.15) is 0 Å². The van der Waals surface area contributed by atoms with Crippen molar-refractivity contribution < 1.29 is 9.84 Å². The van der Waals surface area contributed by atoms with Gasteiger partial charge in [0.15, 0.2) is 0 Å². The standard InChI is InChI=1S/C14H23NO2S/c1-13(2,3)11-9-18-12(15-11)8-14(10-16)4-6-17-7-5-14/h9,16H,4-8,10H2,1-3H3. The molecule has 3 nitrogen and oxygen atoms in total. The van der Waals surface area contributed by atoms with Gasteiger partial charge in [0.1, 0.15) is 0 Å². The second-order valence-electron chi connectivity index (χ2n) is 6.32. The first-order valence-electron chi connectivity index (χ1n) is 6.59.